The van der Waals surface area contributed by atoms with E-state index in [1.807, 2.05) is 0 Å². The molecule has 5 heteroatoms. The summed E-state index contributed by atoms with van der Waals surface area (Å²) in [6.07, 6.45) is 0. The van der Waals surface area contributed by atoms with E-state index < -0.39 is 0 Å². The van der Waals surface area contributed by atoms with Gasteiger partial charge in [-0.3, -0.25) is 0 Å². The second-order valence-corrected chi connectivity index (χ2v) is 4.22. The topological polar surface area (TPSA) is 45.8 Å². The Balaban J connectivity index is 2.63. The van der Waals surface area contributed by atoms with Crippen LogP contribution in [0, 0.1) is 6.92 Å². The Morgan fingerprint density at radius 1 is 1.25 bits per heavy atom. The zero-order valence-corrected chi connectivity index (χ0v) is 9.93. The molecular weight excluding hydrogens is 247 g/mol. The molecule has 0 amide bonds. The molecule has 0 saturated heterocycles. The number of aryl methyl sites for hydroxylation is 1. The molecule has 0 fully saturated rings. The third-order valence-corrected chi connectivity index (χ3v) is 2.63. The van der Waals surface area contributed by atoms with E-state index in [9.17, 15) is 4.79 Å². The number of hydrogen-bond donors (Lipinski definition) is 1. The molecule has 0 radical (unpaired) electrons. The van der Waals surface area contributed by atoms with E-state index in [-0.39, 0.29) is 5.69 Å². The molecule has 0 bridgehead atoms. The summed E-state index contributed by atoms with van der Waals surface area (Å²) in [5.41, 5.74) is 1.59. The van der Waals surface area contributed by atoms with E-state index in [1.165, 1.54) is 0 Å². The van der Waals surface area contributed by atoms with Gasteiger partial charge < -0.3 is 4.98 Å². The lowest BCUT2D eigenvalue weighted by Crippen LogP contribution is -2.12. The summed E-state index contributed by atoms with van der Waals surface area (Å²) < 4.78 is 0. The van der Waals surface area contributed by atoms with Gasteiger partial charge in [0.2, 0.25) is 0 Å². The van der Waals surface area contributed by atoms with Gasteiger partial charge in [-0.25, -0.2) is 4.79 Å². The van der Waals surface area contributed by atoms with Crippen molar-refractivity contribution in [3.8, 4) is 11.3 Å². The molecule has 1 aromatic heterocycles. The molecule has 16 heavy (non-hydrogen) atoms. The fraction of sp³-hybridized carbons (Fsp3) is 0.0909. The predicted molar refractivity (Wildman–Crippen MR) is 65.1 cm³/mol. The maximum absolute atomic E-state index is 11.2. The summed E-state index contributed by atoms with van der Waals surface area (Å²) in [6, 6.07) is 6.83. The summed E-state index contributed by atoms with van der Waals surface area (Å²) in [4.78, 5) is 17.7. The molecule has 2 aromatic rings. The standard InChI is InChI=1S/C11H8Cl2N2O/c1-6-4-10(15-11(16)14-6)8-3-2-7(12)5-9(8)13/h2-5H,1H3,(H,14,15,16). The summed E-state index contributed by atoms with van der Waals surface area (Å²) in [5, 5.41) is 1.03. The van der Waals surface area contributed by atoms with Gasteiger partial charge in [-0.15, -0.1) is 0 Å². The second kappa shape index (κ2) is 4.28. The van der Waals surface area contributed by atoms with Crippen LogP contribution in [-0.2, 0) is 0 Å². The Morgan fingerprint density at radius 3 is 2.62 bits per heavy atom. The zero-order valence-electron chi connectivity index (χ0n) is 8.42. The predicted octanol–water partition coefficient (Wildman–Crippen LogP) is 3.05. The Morgan fingerprint density at radius 2 is 2.00 bits per heavy atom. The fourth-order valence-corrected chi connectivity index (χ4v) is 1.92. The quantitative estimate of drug-likeness (QED) is 0.851. The van der Waals surface area contributed by atoms with Crippen LogP contribution >= 0.6 is 23.2 Å². The Hall–Kier alpha value is -1.32. The van der Waals surface area contributed by atoms with Crippen LogP contribution in [0.15, 0.2) is 29.1 Å². The Kier molecular flexibility index (Phi) is 2.99. The van der Waals surface area contributed by atoms with Crippen molar-refractivity contribution in [3.05, 3.63) is 50.5 Å². The maximum Gasteiger partial charge on any atom is 0.345 e. The van der Waals surface area contributed by atoms with E-state index in [0.717, 1.165) is 5.69 Å². The summed E-state index contributed by atoms with van der Waals surface area (Å²) in [6.45, 7) is 1.79. The van der Waals surface area contributed by atoms with Crippen LogP contribution < -0.4 is 5.69 Å². The van der Waals surface area contributed by atoms with Crippen LogP contribution in [0.3, 0.4) is 0 Å². The number of rotatable bonds is 1. The van der Waals surface area contributed by atoms with Gasteiger partial charge in [-0.1, -0.05) is 23.2 Å². The van der Waals surface area contributed by atoms with Crippen molar-refractivity contribution in [2.45, 2.75) is 6.92 Å². The van der Waals surface area contributed by atoms with Crippen LogP contribution in [-0.4, -0.2) is 9.97 Å². The van der Waals surface area contributed by atoms with E-state index >= 15 is 0 Å². The molecule has 0 atom stereocenters. The second-order valence-electron chi connectivity index (χ2n) is 3.38. The lowest BCUT2D eigenvalue weighted by molar-refractivity contribution is 1.03. The maximum atomic E-state index is 11.2. The van der Waals surface area contributed by atoms with Crippen molar-refractivity contribution in [2.75, 3.05) is 0 Å². The number of H-pyrrole nitrogens is 1. The highest BCUT2D eigenvalue weighted by atomic mass is 35.5. The van der Waals surface area contributed by atoms with Gasteiger partial charge in [-0.05, 0) is 31.2 Å². The average molecular weight is 255 g/mol. The molecule has 0 unspecified atom stereocenters. The van der Waals surface area contributed by atoms with Crippen LogP contribution in [0.1, 0.15) is 5.69 Å². The van der Waals surface area contributed by atoms with Crippen molar-refractivity contribution in [2.24, 2.45) is 0 Å². The van der Waals surface area contributed by atoms with Crippen molar-refractivity contribution < 1.29 is 0 Å². The van der Waals surface area contributed by atoms with Gasteiger partial charge in [0.15, 0.2) is 0 Å². The van der Waals surface area contributed by atoms with E-state index in [4.69, 9.17) is 23.2 Å². The molecule has 1 aromatic carbocycles. The third kappa shape index (κ3) is 2.26. The number of aromatic nitrogens is 2. The number of halogens is 2. The summed E-state index contributed by atoms with van der Waals surface area (Å²) in [5.74, 6) is 0. The van der Waals surface area contributed by atoms with Crippen molar-refractivity contribution in [1.82, 2.24) is 9.97 Å². The van der Waals surface area contributed by atoms with E-state index in [1.54, 1.807) is 31.2 Å². The minimum absolute atomic E-state index is 0.388. The van der Waals surface area contributed by atoms with Gasteiger partial charge in [-0.2, -0.15) is 4.98 Å². The molecule has 0 aliphatic heterocycles. The average Bonchev–Trinajstić information content (AvgIpc) is 2.15. The highest BCUT2D eigenvalue weighted by Crippen LogP contribution is 2.28. The molecule has 1 N–H and O–H groups in total. The van der Waals surface area contributed by atoms with Gasteiger partial charge in [0.25, 0.3) is 0 Å². The van der Waals surface area contributed by atoms with Gasteiger partial charge in [0.05, 0.1) is 10.7 Å². The third-order valence-electron chi connectivity index (χ3n) is 2.09. The number of nitrogens with one attached hydrogen (secondary N) is 1. The number of nitrogens with zero attached hydrogens (tertiary/aromatic N) is 1. The van der Waals surface area contributed by atoms with Crippen LogP contribution in [0.4, 0.5) is 0 Å². The van der Waals surface area contributed by atoms with E-state index in [2.05, 4.69) is 9.97 Å². The lowest BCUT2D eigenvalue weighted by atomic mass is 10.1. The number of hydrogen-bond acceptors (Lipinski definition) is 2. The normalized spacial score (nSPS) is 10.4. The Labute approximate surface area is 102 Å². The molecule has 0 spiro atoms. The number of benzene rings is 1. The fourth-order valence-electron chi connectivity index (χ4n) is 1.41. The molecule has 0 aliphatic carbocycles. The highest BCUT2D eigenvalue weighted by molar-refractivity contribution is 6.36. The lowest BCUT2D eigenvalue weighted by Gasteiger charge is -2.04. The highest BCUT2D eigenvalue weighted by Gasteiger charge is 2.06. The van der Waals surface area contributed by atoms with Crippen molar-refractivity contribution >= 4 is 23.2 Å². The zero-order chi connectivity index (χ0) is 11.7. The van der Waals surface area contributed by atoms with E-state index in [0.29, 0.717) is 21.3 Å². The first-order valence-corrected chi connectivity index (χ1v) is 5.35. The monoisotopic (exact) mass is 254 g/mol. The molecule has 3 nitrogen and oxygen atoms in total. The van der Waals surface area contributed by atoms with Crippen LogP contribution in [0.5, 0.6) is 0 Å². The molecule has 82 valence electrons. The van der Waals surface area contributed by atoms with Crippen molar-refractivity contribution in [1.29, 1.82) is 0 Å². The van der Waals surface area contributed by atoms with Gasteiger partial charge >= 0.3 is 5.69 Å². The summed E-state index contributed by atoms with van der Waals surface area (Å²) >= 11 is 11.8. The molecule has 0 aliphatic rings. The first kappa shape index (κ1) is 11.2. The van der Waals surface area contributed by atoms with Crippen LogP contribution in [0.25, 0.3) is 11.3 Å². The largest absolute Gasteiger partial charge is 0.345 e. The minimum Gasteiger partial charge on any atom is -0.310 e. The van der Waals surface area contributed by atoms with Crippen molar-refractivity contribution in [3.63, 3.8) is 0 Å². The minimum atomic E-state index is -0.388. The Bertz CT molecular complexity index is 593. The molecule has 1 heterocycles. The smallest absolute Gasteiger partial charge is 0.310 e. The SMILES string of the molecule is Cc1cc(-c2ccc(Cl)cc2Cl)nc(=O)[nH]1. The first-order valence-electron chi connectivity index (χ1n) is 4.59. The van der Waals surface area contributed by atoms with Gasteiger partial charge in [0.1, 0.15) is 0 Å². The van der Waals surface area contributed by atoms with Gasteiger partial charge in [0, 0.05) is 16.3 Å². The number of aromatic amines is 1. The first-order chi connectivity index (χ1) is 7.56. The molecule has 0 saturated carbocycles. The molecular formula is C11H8Cl2N2O. The van der Waals surface area contributed by atoms with Crippen LogP contribution in [0.2, 0.25) is 10.0 Å². The molecule has 2 rings (SSSR count). The summed E-state index contributed by atoms with van der Waals surface area (Å²) in [7, 11) is 0.